The number of rotatable bonds is 1. The fourth-order valence-corrected chi connectivity index (χ4v) is 1.04. The number of nitrogens with zero attached hydrogens (tertiary/aromatic N) is 1. The van der Waals surface area contributed by atoms with Gasteiger partial charge in [-0.2, -0.15) is 0 Å². The summed E-state index contributed by atoms with van der Waals surface area (Å²) >= 11 is 0. The largest absolute Gasteiger partial charge is 0.354 e. The first kappa shape index (κ1) is 6.22. The van der Waals surface area contributed by atoms with E-state index >= 15 is 0 Å². The van der Waals surface area contributed by atoms with Crippen LogP contribution in [0.15, 0.2) is 24.3 Å². The van der Waals surface area contributed by atoms with E-state index in [1.54, 1.807) is 0 Å². The Hall–Kier alpha value is -1.51. The van der Waals surface area contributed by atoms with Crippen molar-refractivity contribution in [2.45, 2.75) is 0 Å². The Morgan fingerprint density at radius 3 is 2.91 bits per heavy atom. The van der Waals surface area contributed by atoms with Gasteiger partial charge in [0.1, 0.15) is 0 Å². The first-order valence-electron chi connectivity index (χ1n) is 3.38. The highest BCUT2D eigenvalue weighted by molar-refractivity contribution is 5.77. The number of para-hydroxylation sites is 2. The molecule has 2 aromatic rings. The fraction of sp³-hybridized carbons (Fsp3) is 0. The first-order valence-corrected chi connectivity index (χ1v) is 3.38. The van der Waals surface area contributed by atoms with Crippen LogP contribution in [0.25, 0.3) is 11.0 Å². The molecule has 11 heavy (non-hydrogen) atoms. The zero-order chi connectivity index (χ0) is 7.68. The van der Waals surface area contributed by atoms with Crippen LogP contribution in [0, 0.1) is 7.05 Å². The highest BCUT2D eigenvalue weighted by Gasteiger charge is 1.96. The van der Waals surface area contributed by atoms with Crippen LogP contribution in [0.5, 0.6) is 0 Å². The van der Waals surface area contributed by atoms with Crippen LogP contribution in [0.1, 0.15) is 0 Å². The molecule has 0 saturated heterocycles. The van der Waals surface area contributed by atoms with Crippen LogP contribution < -0.4 is 5.32 Å². The molecule has 0 bridgehead atoms. The molecule has 1 aromatic carbocycles. The van der Waals surface area contributed by atoms with Crippen molar-refractivity contribution in [2.24, 2.45) is 0 Å². The molecule has 0 fully saturated rings. The molecule has 0 aliphatic carbocycles. The zero-order valence-corrected chi connectivity index (χ0v) is 5.96. The highest BCUT2D eigenvalue weighted by atomic mass is 15.1. The molecule has 0 aliphatic heterocycles. The number of aromatic nitrogens is 2. The summed E-state index contributed by atoms with van der Waals surface area (Å²) in [6.45, 7) is 0. The number of fused-ring (bicyclic) bond motifs is 1. The third-order valence-corrected chi connectivity index (χ3v) is 1.56. The molecular formula is C8H8N3. The van der Waals surface area contributed by atoms with Crippen LogP contribution in [-0.2, 0) is 0 Å². The van der Waals surface area contributed by atoms with Crippen LogP contribution in [0.2, 0.25) is 0 Å². The van der Waals surface area contributed by atoms with Gasteiger partial charge in [-0.05, 0) is 12.1 Å². The number of H-pyrrole nitrogens is 1. The van der Waals surface area contributed by atoms with Gasteiger partial charge in [-0.1, -0.05) is 12.1 Å². The molecule has 2 rings (SSSR count). The number of imidazole rings is 1. The molecule has 0 aliphatic rings. The van der Waals surface area contributed by atoms with Gasteiger partial charge >= 0.3 is 0 Å². The van der Waals surface area contributed by atoms with E-state index in [1.165, 1.54) is 0 Å². The Morgan fingerprint density at radius 1 is 1.36 bits per heavy atom. The lowest BCUT2D eigenvalue weighted by Crippen LogP contribution is -1.84. The Kier molecular flexibility index (Phi) is 1.28. The van der Waals surface area contributed by atoms with E-state index in [2.05, 4.69) is 22.3 Å². The molecule has 2 N–H and O–H groups in total. The maximum Gasteiger partial charge on any atom is 0.201 e. The van der Waals surface area contributed by atoms with Crippen molar-refractivity contribution in [1.29, 1.82) is 0 Å². The minimum Gasteiger partial charge on any atom is -0.354 e. The van der Waals surface area contributed by atoms with Crippen molar-refractivity contribution in [3.63, 3.8) is 0 Å². The molecular weight excluding hydrogens is 138 g/mol. The molecule has 0 atom stereocenters. The first-order chi connectivity index (χ1) is 5.40. The Bertz CT molecular complexity index is 331. The summed E-state index contributed by atoms with van der Waals surface area (Å²) < 4.78 is 0. The van der Waals surface area contributed by atoms with Gasteiger partial charge in [0.15, 0.2) is 0 Å². The second-order valence-corrected chi connectivity index (χ2v) is 2.28. The zero-order valence-electron chi connectivity index (χ0n) is 5.96. The lowest BCUT2D eigenvalue weighted by Gasteiger charge is -1.86. The molecule has 0 amide bonds. The predicted octanol–water partition coefficient (Wildman–Crippen LogP) is 1.77. The average molecular weight is 146 g/mol. The number of benzene rings is 1. The predicted molar refractivity (Wildman–Crippen MR) is 45.1 cm³/mol. The summed E-state index contributed by atoms with van der Waals surface area (Å²) in [6, 6.07) is 7.85. The van der Waals surface area contributed by atoms with Crippen molar-refractivity contribution in [2.75, 3.05) is 5.32 Å². The summed E-state index contributed by atoms with van der Waals surface area (Å²) in [4.78, 5) is 7.26. The lowest BCUT2D eigenvalue weighted by atomic mass is 10.3. The quantitative estimate of drug-likeness (QED) is 0.643. The Morgan fingerprint density at radius 2 is 2.18 bits per heavy atom. The van der Waals surface area contributed by atoms with E-state index in [0.717, 1.165) is 11.0 Å². The van der Waals surface area contributed by atoms with E-state index in [9.17, 15) is 0 Å². The molecule has 0 saturated carbocycles. The maximum absolute atomic E-state index is 4.20. The van der Waals surface area contributed by atoms with Crippen molar-refractivity contribution in [3.8, 4) is 0 Å². The molecule has 0 unspecified atom stereocenters. The Balaban J connectivity index is 2.69. The van der Waals surface area contributed by atoms with Gasteiger partial charge in [0.2, 0.25) is 5.95 Å². The third-order valence-electron chi connectivity index (χ3n) is 1.56. The summed E-state index contributed by atoms with van der Waals surface area (Å²) in [5.41, 5.74) is 1.98. The normalized spacial score (nSPS) is 10.3. The molecule has 3 nitrogen and oxygen atoms in total. The third kappa shape index (κ3) is 0.941. The minimum atomic E-state index is 0.700. The maximum atomic E-state index is 4.20. The lowest BCUT2D eigenvalue weighted by molar-refractivity contribution is 1.31. The molecule has 55 valence electrons. The van der Waals surface area contributed by atoms with Crippen LogP contribution in [0.3, 0.4) is 0 Å². The van der Waals surface area contributed by atoms with E-state index < -0.39 is 0 Å². The van der Waals surface area contributed by atoms with E-state index in [4.69, 9.17) is 0 Å². The van der Waals surface area contributed by atoms with Gasteiger partial charge in [0, 0.05) is 7.05 Å². The minimum absolute atomic E-state index is 0.700. The van der Waals surface area contributed by atoms with Crippen molar-refractivity contribution in [3.05, 3.63) is 31.3 Å². The van der Waals surface area contributed by atoms with Crippen molar-refractivity contribution >= 4 is 17.0 Å². The summed E-state index contributed by atoms with van der Waals surface area (Å²) in [6.07, 6.45) is 0. The van der Waals surface area contributed by atoms with E-state index in [0.29, 0.717) is 5.95 Å². The standard InChI is InChI=1S/C8H8N3/c1-9-8-10-6-4-2-3-5-7(6)11-8/h2-5H,1H2,(H2,9,10,11). The van der Waals surface area contributed by atoms with Gasteiger partial charge in [0.05, 0.1) is 11.0 Å². The van der Waals surface area contributed by atoms with Crippen LogP contribution in [0.4, 0.5) is 5.95 Å². The molecule has 3 heteroatoms. The fourth-order valence-electron chi connectivity index (χ4n) is 1.04. The number of nitrogens with one attached hydrogen (secondary N) is 2. The SMILES string of the molecule is [CH2]Nc1nc2ccccc2[nH]1. The second kappa shape index (κ2) is 2.27. The smallest absolute Gasteiger partial charge is 0.201 e. The topological polar surface area (TPSA) is 40.7 Å². The van der Waals surface area contributed by atoms with Crippen LogP contribution >= 0.6 is 0 Å². The van der Waals surface area contributed by atoms with Gasteiger partial charge in [-0.25, -0.2) is 4.98 Å². The molecule has 1 aromatic heterocycles. The number of hydrogen-bond donors (Lipinski definition) is 2. The molecule has 1 heterocycles. The summed E-state index contributed by atoms with van der Waals surface area (Å²) in [7, 11) is 3.51. The summed E-state index contributed by atoms with van der Waals surface area (Å²) in [5.74, 6) is 0.700. The Labute approximate surface area is 64.5 Å². The van der Waals surface area contributed by atoms with Gasteiger partial charge in [-0.3, -0.25) is 0 Å². The second-order valence-electron chi connectivity index (χ2n) is 2.28. The van der Waals surface area contributed by atoms with Gasteiger partial charge in [-0.15, -0.1) is 0 Å². The average Bonchev–Trinajstić information content (AvgIpc) is 2.46. The monoisotopic (exact) mass is 146 g/mol. The number of aromatic amines is 1. The number of hydrogen-bond acceptors (Lipinski definition) is 2. The van der Waals surface area contributed by atoms with Crippen molar-refractivity contribution in [1.82, 2.24) is 9.97 Å². The molecule has 0 spiro atoms. The van der Waals surface area contributed by atoms with E-state index in [-0.39, 0.29) is 0 Å². The summed E-state index contributed by atoms with van der Waals surface area (Å²) in [5, 5.41) is 2.70. The van der Waals surface area contributed by atoms with Gasteiger partial charge < -0.3 is 10.3 Å². The number of anilines is 1. The van der Waals surface area contributed by atoms with Crippen molar-refractivity contribution < 1.29 is 0 Å². The van der Waals surface area contributed by atoms with Crippen LogP contribution in [-0.4, -0.2) is 9.97 Å². The highest BCUT2D eigenvalue weighted by Crippen LogP contribution is 2.12. The molecule has 1 radical (unpaired) electrons. The van der Waals surface area contributed by atoms with Gasteiger partial charge in [0.25, 0.3) is 0 Å². The van der Waals surface area contributed by atoms with E-state index in [1.807, 2.05) is 24.3 Å².